The number of hydrogen-bond donors (Lipinski definition) is 0. The largest absolute Gasteiger partial charge is 0.494 e. The standard InChI is InChI=1S/C24H29N3O2/c1-2-23(28)26-17-10-15-22(26)24-25-20-13-6-7-14-21(20)27(24)16-8-9-18-29-19-11-4-3-5-12-19/h3-7,11-14,22H,2,8-10,15-18H2,1H3/t22-/m1/s1. The molecule has 3 aromatic rings. The lowest BCUT2D eigenvalue weighted by Gasteiger charge is -2.25. The number of imidazole rings is 1. The Hall–Kier alpha value is -2.82. The number of unbranched alkanes of at least 4 members (excludes halogenated alkanes) is 1. The average molecular weight is 392 g/mol. The Labute approximate surface area is 172 Å². The molecule has 0 aliphatic carbocycles. The van der Waals surface area contributed by atoms with Crippen LogP contribution in [-0.4, -0.2) is 33.5 Å². The van der Waals surface area contributed by atoms with Gasteiger partial charge in [0.15, 0.2) is 0 Å². The molecule has 4 rings (SSSR count). The summed E-state index contributed by atoms with van der Waals surface area (Å²) in [6, 6.07) is 18.3. The highest BCUT2D eigenvalue weighted by Gasteiger charge is 2.32. The summed E-state index contributed by atoms with van der Waals surface area (Å²) < 4.78 is 8.15. The summed E-state index contributed by atoms with van der Waals surface area (Å²) in [7, 11) is 0. The molecule has 0 radical (unpaired) electrons. The SMILES string of the molecule is CCC(=O)N1CCC[C@@H]1c1nc2ccccc2n1CCCCOc1ccccc1. The van der Waals surface area contributed by atoms with Crippen LogP contribution in [0.2, 0.25) is 0 Å². The molecule has 2 aromatic carbocycles. The van der Waals surface area contributed by atoms with Gasteiger partial charge in [-0.3, -0.25) is 4.79 Å². The Kier molecular flexibility index (Phi) is 6.13. The Balaban J connectivity index is 1.47. The summed E-state index contributed by atoms with van der Waals surface area (Å²) >= 11 is 0. The van der Waals surface area contributed by atoms with Crippen LogP contribution < -0.4 is 4.74 Å². The molecule has 1 aliphatic rings. The Bertz CT molecular complexity index is 951. The zero-order valence-corrected chi connectivity index (χ0v) is 17.1. The molecular formula is C24H29N3O2. The zero-order valence-electron chi connectivity index (χ0n) is 17.1. The first-order valence-corrected chi connectivity index (χ1v) is 10.7. The van der Waals surface area contributed by atoms with E-state index < -0.39 is 0 Å². The van der Waals surface area contributed by atoms with Gasteiger partial charge in [-0.05, 0) is 49.9 Å². The third kappa shape index (κ3) is 4.29. The van der Waals surface area contributed by atoms with E-state index in [1.807, 2.05) is 48.2 Å². The fraction of sp³-hybridized carbons (Fsp3) is 0.417. The summed E-state index contributed by atoms with van der Waals surface area (Å²) in [4.78, 5) is 19.4. The number of amides is 1. The van der Waals surface area contributed by atoms with Gasteiger partial charge < -0.3 is 14.2 Å². The van der Waals surface area contributed by atoms with Crippen molar-refractivity contribution in [2.24, 2.45) is 0 Å². The number of fused-ring (bicyclic) bond motifs is 1. The van der Waals surface area contributed by atoms with Crippen LogP contribution in [-0.2, 0) is 11.3 Å². The summed E-state index contributed by atoms with van der Waals surface area (Å²) in [5.74, 6) is 2.18. The van der Waals surface area contributed by atoms with Crippen molar-refractivity contribution in [3.63, 3.8) is 0 Å². The van der Waals surface area contributed by atoms with Crippen LogP contribution in [0.5, 0.6) is 5.75 Å². The van der Waals surface area contributed by atoms with Crippen molar-refractivity contribution < 1.29 is 9.53 Å². The molecule has 1 aromatic heterocycles. The lowest BCUT2D eigenvalue weighted by atomic mass is 10.2. The molecule has 0 N–H and O–H groups in total. The van der Waals surface area contributed by atoms with E-state index in [-0.39, 0.29) is 11.9 Å². The number of likely N-dealkylation sites (tertiary alicyclic amines) is 1. The first-order valence-electron chi connectivity index (χ1n) is 10.7. The summed E-state index contributed by atoms with van der Waals surface area (Å²) in [5, 5.41) is 0. The number of ether oxygens (including phenoxy) is 1. The average Bonchev–Trinajstić information content (AvgIpc) is 3.38. The molecule has 152 valence electrons. The molecule has 5 heteroatoms. The second-order valence-corrected chi connectivity index (χ2v) is 7.58. The van der Waals surface area contributed by atoms with Crippen molar-refractivity contribution >= 4 is 16.9 Å². The minimum Gasteiger partial charge on any atom is -0.494 e. The molecule has 1 aliphatic heterocycles. The molecule has 1 fully saturated rings. The van der Waals surface area contributed by atoms with Gasteiger partial charge in [0.2, 0.25) is 5.91 Å². The molecule has 1 amide bonds. The molecular weight excluding hydrogens is 362 g/mol. The predicted molar refractivity (Wildman–Crippen MR) is 115 cm³/mol. The maximum atomic E-state index is 12.4. The maximum absolute atomic E-state index is 12.4. The third-order valence-electron chi connectivity index (χ3n) is 5.65. The monoisotopic (exact) mass is 391 g/mol. The minimum atomic E-state index is 0.0930. The highest BCUT2D eigenvalue weighted by Crippen LogP contribution is 2.34. The highest BCUT2D eigenvalue weighted by atomic mass is 16.5. The highest BCUT2D eigenvalue weighted by molar-refractivity contribution is 5.78. The van der Waals surface area contributed by atoms with Gasteiger partial charge in [-0.1, -0.05) is 37.3 Å². The Morgan fingerprint density at radius 1 is 1.10 bits per heavy atom. The molecule has 0 unspecified atom stereocenters. The van der Waals surface area contributed by atoms with Crippen molar-refractivity contribution in [1.82, 2.24) is 14.5 Å². The topological polar surface area (TPSA) is 47.4 Å². The minimum absolute atomic E-state index is 0.0930. The second kappa shape index (κ2) is 9.12. The van der Waals surface area contributed by atoms with Crippen LogP contribution in [0.1, 0.15) is 50.9 Å². The van der Waals surface area contributed by atoms with Crippen LogP contribution in [0.3, 0.4) is 0 Å². The molecule has 2 heterocycles. The molecule has 0 bridgehead atoms. The second-order valence-electron chi connectivity index (χ2n) is 7.58. The van der Waals surface area contributed by atoms with E-state index in [1.54, 1.807) is 0 Å². The van der Waals surface area contributed by atoms with Crippen molar-refractivity contribution in [2.75, 3.05) is 13.2 Å². The summed E-state index contributed by atoms with van der Waals surface area (Å²) in [6.45, 7) is 4.37. The molecule has 29 heavy (non-hydrogen) atoms. The number of para-hydroxylation sites is 3. The van der Waals surface area contributed by atoms with Crippen LogP contribution in [0.25, 0.3) is 11.0 Å². The number of benzene rings is 2. The number of aromatic nitrogens is 2. The van der Waals surface area contributed by atoms with Gasteiger partial charge >= 0.3 is 0 Å². The van der Waals surface area contributed by atoms with E-state index in [2.05, 4.69) is 22.8 Å². The van der Waals surface area contributed by atoms with Gasteiger partial charge in [-0.25, -0.2) is 4.98 Å². The van der Waals surface area contributed by atoms with Gasteiger partial charge in [-0.15, -0.1) is 0 Å². The number of nitrogens with zero attached hydrogens (tertiary/aromatic N) is 3. The maximum Gasteiger partial charge on any atom is 0.222 e. The van der Waals surface area contributed by atoms with E-state index in [9.17, 15) is 4.79 Å². The van der Waals surface area contributed by atoms with E-state index in [1.165, 1.54) is 0 Å². The number of rotatable bonds is 8. The molecule has 1 saturated heterocycles. The normalized spacial score (nSPS) is 16.4. The molecule has 0 saturated carbocycles. The van der Waals surface area contributed by atoms with Crippen LogP contribution >= 0.6 is 0 Å². The van der Waals surface area contributed by atoms with Crippen molar-refractivity contribution in [1.29, 1.82) is 0 Å². The van der Waals surface area contributed by atoms with E-state index in [0.29, 0.717) is 13.0 Å². The fourth-order valence-corrected chi connectivity index (χ4v) is 4.20. The first kappa shape index (κ1) is 19.5. The van der Waals surface area contributed by atoms with Crippen molar-refractivity contribution in [3.8, 4) is 5.75 Å². The Morgan fingerprint density at radius 3 is 2.72 bits per heavy atom. The molecule has 0 spiro atoms. The summed E-state index contributed by atoms with van der Waals surface area (Å²) in [6.07, 6.45) is 4.57. The Morgan fingerprint density at radius 2 is 1.90 bits per heavy atom. The van der Waals surface area contributed by atoms with Crippen LogP contribution in [0.15, 0.2) is 54.6 Å². The van der Waals surface area contributed by atoms with Gasteiger partial charge in [0.05, 0.1) is 23.7 Å². The number of aryl methyl sites for hydroxylation is 1. The van der Waals surface area contributed by atoms with Gasteiger partial charge in [0.25, 0.3) is 0 Å². The van der Waals surface area contributed by atoms with Gasteiger partial charge in [0, 0.05) is 19.5 Å². The molecule has 1 atom stereocenters. The smallest absolute Gasteiger partial charge is 0.222 e. The fourth-order valence-electron chi connectivity index (χ4n) is 4.20. The van der Waals surface area contributed by atoms with Gasteiger partial charge in [0.1, 0.15) is 11.6 Å². The third-order valence-corrected chi connectivity index (χ3v) is 5.65. The lowest BCUT2D eigenvalue weighted by Crippen LogP contribution is -2.31. The van der Waals surface area contributed by atoms with E-state index >= 15 is 0 Å². The lowest BCUT2D eigenvalue weighted by molar-refractivity contribution is -0.131. The number of carbonyl (C=O) groups is 1. The molecule has 5 nitrogen and oxygen atoms in total. The van der Waals surface area contributed by atoms with E-state index in [0.717, 1.165) is 61.4 Å². The number of hydrogen-bond acceptors (Lipinski definition) is 3. The van der Waals surface area contributed by atoms with Crippen molar-refractivity contribution in [3.05, 3.63) is 60.4 Å². The zero-order chi connectivity index (χ0) is 20.1. The van der Waals surface area contributed by atoms with Gasteiger partial charge in [-0.2, -0.15) is 0 Å². The van der Waals surface area contributed by atoms with E-state index in [4.69, 9.17) is 9.72 Å². The predicted octanol–water partition coefficient (Wildman–Crippen LogP) is 4.97. The first-order chi connectivity index (χ1) is 14.3. The van der Waals surface area contributed by atoms with Crippen LogP contribution in [0.4, 0.5) is 0 Å². The number of carbonyl (C=O) groups excluding carboxylic acids is 1. The van der Waals surface area contributed by atoms with Crippen molar-refractivity contribution in [2.45, 2.75) is 51.6 Å². The van der Waals surface area contributed by atoms with Crippen LogP contribution in [0, 0.1) is 0 Å². The quantitative estimate of drug-likeness (QED) is 0.510. The summed E-state index contributed by atoms with van der Waals surface area (Å²) in [5.41, 5.74) is 2.17.